The van der Waals surface area contributed by atoms with Gasteiger partial charge in [-0.3, -0.25) is 14.5 Å². The third kappa shape index (κ3) is 4.21. The van der Waals surface area contributed by atoms with Gasteiger partial charge in [0.25, 0.3) is 11.8 Å². The normalized spacial score (nSPS) is 13.7. The lowest BCUT2D eigenvalue weighted by atomic mass is 10.0. The Bertz CT molecular complexity index is 1160. The number of anilines is 1. The fourth-order valence-electron chi connectivity index (χ4n) is 3.60. The molecule has 1 N–H and O–H groups in total. The number of aryl methyl sites for hydroxylation is 2. The summed E-state index contributed by atoms with van der Waals surface area (Å²) in [4.78, 5) is 28.0. The van der Waals surface area contributed by atoms with E-state index in [1.165, 1.54) is 4.90 Å². The van der Waals surface area contributed by atoms with Gasteiger partial charge in [0.2, 0.25) is 0 Å². The van der Waals surface area contributed by atoms with Crippen LogP contribution < -0.4 is 10.1 Å². The van der Waals surface area contributed by atoms with Crippen LogP contribution >= 0.6 is 0 Å². The molecule has 4 rings (SSSR count). The first-order valence-electron chi connectivity index (χ1n) is 10.1. The molecular formula is C26H24N2O3. The number of carbonyl (C=O) groups is 2. The number of hydrogen-bond donors (Lipinski definition) is 1. The van der Waals surface area contributed by atoms with Crippen molar-refractivity contribution >= 4 is 23.1 Å². The van der Waals surface area contributed by atoms with Crippen LogP contribution in [0.2, 0.25) is 0 Å². The molecule has 1 aliphatic heterocycles. The van der Waals surface area contributed by atoms with Crippen molar-refractivity contribution in [3.63, 3.8) is 0 Å². The van der Waals surface area contributed by atoms with Crippen LogP contribution in [-0.4, -0.2) is 23.8 Å². The summed E-state index contributed by atoms with van der Waals surface area (Å²) in [6.07, 6.45) is 0. The summed E-state index contributed by atoms with van der Waals surface area (Å²) >= 11 is 0. The molecule has 0 aromatic heterocycles. The number of imide groups is 1. The highest BCUT2D eigenvalue weighted by Gasteiger charge is 2.39. The second-order valence-electron chi connectivity index (χ2n) is 7.66. The Hall–Kier alpha value is -3.86. The van der Waals surface area contributed by atoms with Crippen molar-refractivity contribution in [1.82, 2.24) is 4.90 Å². The molecule has 2 amide bonds. The van der Waals surface area contributed by atoms with Gasteiger partial charge in [-0.25, -0.2) is 0 Å². The summed E-state index contributed by atoms with van der Waals surface area (Å²) in [5.74, 6) is 0.0367. The molecule has 0 spiro atoms. The highest BCUT2D eigenvalue weighted by molar-refractivity contribution is 6.36. The van der Waals surface area contributed by atoms with E-state index in [9.17, 15) is 9.59 Å². The third-order valence-corrected chi connectivity index (χ3v) is 5.30. The Morgan fingerprint density at radius 3 is 2.19 bits per heavy atom. The van der Waals surface area contributed by atoms with Gasteiger partial charge in [-0.2, -0.15) is 0 Å². The molecule has 0 unspecified atom stereocenters. The summed E-state index contributed by atoms with van der Waals surface area (Å²) in [5.41, 5.74) is 5.17. The lowest BCUT2D eigenvalue weighted by molar-refractivity contribution is -0.137. The molecule has 5 heteroatoms. The van der Waals surface area contributed by atoms with E-state index in [-0.39, 0.29) is 24.1 Å². The van der Waals surface area contributed by atoms with Gasteiger partial charge in [-0.05, 0) is 54.8 Å². The fourth-order valence-corrected chi connectivity index (χ4v) is 3.60. The number of rotatable bonds is 6. The van der Waals surface area contributed by atoms with E-state index in [2.05, 4.69) is 5.32 Å². The van der Waals surface area contributed by atoms with Crippen molar-refractivity contribution in [3.8, 4) is 5.75 Å². The molecular weight excluding hydrogens is 388 g/mol. The zero-order valence-electron chi connectivity index (χ0n) is 17.8. The zero-order chi connectivity index (χ0) is 22.0. The molecule has 3 aromatic rings. The highest BCUT2D eigenvalue weighted by atomic mass is 16.5. The van der Waals surface area contributed by atoms with Gasteiger partial charge in [0.1, 0.15) is 11.4 Å². The largest absolute Gasteiger partial charge is 0.497 e. The maximum atomic E-state index is 13.4. The standard InChI is InChI=1S/C26H24N2O3/c1-17-7-9-19(10-8-17)16-28-25(29)23(20-11-13-22(31-3)14-12-20)24(26(28)30)27-21-6-4-5-18(2)15-21/h4-15,27H,16H2,1-3H3. The summed E-state index contributed by atoms with van der Waals surface area (Å²) in [5, 5.41) is 3.20. The lowest BCUT2D eigenvalue weighted by Gasteiger charge is -2.15. The van der Waals surface area contributed by atoms with E-state index in [4.69, 9.17) is 4.74 Å². The second kappa shape index (κ2) is 8.48. The van der Waals surface area contributed by atoms with Gasteiger partial charge in [0.05, 0.1) is 19.2 Å². The minimum Gasteiger partial charge on any atom is -0.497 e. The number of amides is 2. The summed E-state index contributed by atoms with van der Waals surface area (Å²) in [6, 6.07) is 22.7. The maximum Gasteiger partial charge on any atom is 0.278 e. The van der Waals surface area contributed by atoms with Gasteiger partial charge in [-0.15, -0.1) is 0 Å². The summed E-state index contributed by atoms with van der Waals surface area (Å²) in [7, 11) is 1.59. The Balaban J connectivity index is 1.73. The monoisotopic (exact) mass is 412 g/mol. The van der Waals surface area contributed by atoms with E-state index < -0.39 is 0 Å². The Morgan fingerprint density at radius 2 is 1.55 bits per heavy atom. The zero-order valence-corrected chi connectivity index (χ0v) is 17.8. The van der Waals surface area contributed by atoms with E-state index in [1.807, 2.05) is 62.4 Å². The number of ether oxygens (including phenoxy) is 1. The number of methoxy groups -OCH3 is 1. The molecule has 31 heavy (non-hydrogen) atoms. The van der Waals surface area contributed by atoms with Crippen LogP contribution in [0.1, 0.15) is 22.3 Å². The van der Waals surface area contributed by atoms with Crippen LogP contribution in [0.3, 0.4) is 0 Å². The van der Waals surface area contributed by atoms with Gasteiger partial charge in [-0.1, -0.05) is 54.1 Å². The molecule has 0 atom stereocenters. The topological polar surface area (TPSA) is 58.6 Å². The smallest absolute Gasteiger partial charge is 0.278 e. The number of hydrogen-bond acceptors (Lipinski definition) is 4. The molecule has 0 saturated heterocycles. The van der Waals surface area contributed by atoms with Crippen LogP contribution in [-0.2, 0) is 16.1 Å². The summed E-state index contributed by atoms with van der Waals surface area (Å²) < 4.78 is 5.23. The highest BCUT2D eigenvalue weighted by Crippen LogP contribution is 2.32. The average molecular weight is 412 g/mol. The minimum absolute atomic E-state index is 0.219. The maximum absolute atomic E-state index is 13.4. The molecule has 1 aliphatic rings. The van der Waals surface area contributed by atoms with E-state index in [1.54, 1.807) is 31.4 Å². The molecule has 3 aromatic carbocycles. The van der Waals surface area contributed by atoms with Gasteiger partial charge in [0.15, 0.2) is 0 Å². The molecule has 156 valence electrons. The molecule has 0 fully saturated rings. The minimum atomic E-state index is -0.335. The quantitative estimate of drug-likeness (QED) is 0.596. The third-order valence-electron chi connectivity index (χ3n) is 5.30. The van der Waals surface area contributed by atoms with E-state index >= 15 is 0 Å². The first-order valence-corrected chi connectivity index (χ1v) is 10.1. The Morgan fingerprint density at radius 1 is 0.839 bits per heavy atom. The number of nitrogens with zero attached hydrogens (tertiary/aromatic N) is 1. The van der Waals surface area contributed by atoms with Gasteiger partial charge in [0, 0.05) is 5.69 Å². The number of benzene rings is 3. The van der Waals surface area contributed by atoms with Crippen molar-refractivity contribution in [1.29, 1.82) is 0 Å². The number of carbonyl (C=O) groups excluding carboxylic acids is 2. The van der Waals surface area contributed by atoms with Crippen molar-refractivity contribution < 1.29 is 14.3 Å². The predicted octanol–water partition coefficient (Wildman–Crippen LogP) is 4.70. The van der Waals surface area contributed by atoms with Crippen molar-refractivity contribution in [2.75, 3.05) is 12.4 Å². The van der Waals surface area contributed by atoms with E-state index in [0.717, 1.165) is 22.4 Å². The molecule has 0 saturated carbocycles. The lowest BCUT2D eigenvalue weighted by Crippen LogP contribution is -2.32. The average Bonchev–Trinajstić information content (AvgIpc) is 2.99. The molecule has 5 nitrogen and oxygen atoms in total. The van der Waals surface area contributed by atoms with Crippen molar-refractivity contribution in [3.05, 3.63) is 101 Å². The predicted molar refractivity (Wildman–Crippen MR) is 121 cm³/mol. The first-order chi connectivity index (χ1) is 15.0. The van der Waals surface area contributed by atoms with Crippen LogP contribution in [0.25, 0.3) is 5.57 Å². The fraction of sp³-hybridized carbons (Fsp3) is 0.154. The first kappa shape index (κ1) is 20.4. The van der Waals surface area contributed by atoms with Gasteiger partial charge < -0.3 is 10.1 Å². The molecule has 0 bridgehead atoms. The van der Waals surface area contributed by atoms with Crippen molar-refractivity contribution in [2.45, 2.75) is 20.4 Å². The Kier molecular flexibility index (Phi) is 5.58. The number of nitrogens with one attached hydrogen (secondary N) is 1. The van der Waals surface area contributed by atoms with Crippen LogP contribution in [0, 0.1) is 13.8 Å². The van der Waals surface area contributed by atoms with Gasteiger partial charge >= 0.3 is 0 Å². The SMILES string of the molecule is COc1ccc(C2=C(Nc3cccc(C)c3)C(=O)N(Cc3ccc(C)cc3)C2=O)cc1. The molecule has 1 heterocycles. The van der Waals surface area contributed by atoms with Crippen LogP contribution in [0.5, 0.6) is 5.75 Å². The van der Waals surface area contributed by atoms with Crippen molar-refractivity contribution in [2.24, 2.45) is 0 Å². The summed E-state index contributed by atoms with van der Waals surface area (Å²) in [6.45, 7) is 4.20. The van der Waals surface area contributed by atoms with E-state index in [0.29, 0.717) is 16.9 Å². The second-order valence-corrected chi connectivity index (χ2v) is 7.66. The van der Waals surface area contributed by atoms with Crippen LogP contribution in [0.4, 0.5) is 5.69 Å². The Labute approximate surface area is 182 Å². The molecule has 0 aliphatic carbocycles. The van der Waals surface area contributed by atoms with Crippen LogP contribution in [0.15, 0.2) is 78.5 Å². The molecule has 0 radical (unpaired) electrons.